The van der Waals surface area contributed by atoms with Crippen molar-refractivity contribution in [3.63, 3.8) is 0 Å². The molecule has 3 nitrogen and oxygen atoms in total. The molecule has 0 unspecified atom stereocenters. The molecule has 21 heavy (non-hydrogen) atoms. The number of benzene rings is 2. The van der Waals surface area contributed by atoms with E-state index in [1.54, 1.807) is 0 Å². The molecule has 108 valence electrons. The molecule has 0 atom stereocenters. The van der Waals surface area contributed by atoms with Crippen LogP contribution in [0.3, 0.4) is 0 Å². The number of alkyl halides is 2. The Morgan fingerprint density at radius 2 is 1.71 bits per heavy atom. The number of imidazole rings is 1. The first-order valence-electron chi connectivity index (χ1n) is 5.93. The van der Waals surface area contributed by atoms with Crippen LogP contribution in [0.2, 0.25) is 0 Å². The van der Waals surface area contributed by atoms with Gasteiger partial charge in [0.25, 0.3) is 0 Å². The molecule has 0 fully saturated rings. The highest BCUT2D eigenvalue weighted by molar-refractivity contribution is 5.80. The summed E-state index contributed by atoms with van der Waals surface area (Å²) >= 11 is 0. The van der Waals surface area contributed by atoms with E-state index in [4.69, 9.17) is 0 Å². The fourth-order valence-corrected chi connectivity index (χ4v) is 1.95. The Morgan fingerprint density at radius 3 is 2.38 bits per heavy atom. The third-order valence-corrected chi connectivity index (χ3v) is 2.90. The number of ether oxygens (including phenoxy) is 1. The van der Waals surface area contributed by atoms with Crippen LogP contribution in [0.15, 0.2) is 36.4 Å². The van der Waals surface area contributed by atoms with Gasteiger partial charge in [-0.1, -0.05) is 0 Å². The highest BCUT2D eigenvalue weighted by atomic mass is 19.3. The Hall–Kier alpha value is -2.57. The fraction of sp³-hybridized carbons (Fsp3) is 0.0714. The van der Waals surface area contributed by atoms with Gasteiger partial charge in [-0.25, -0.2) is 13.8 Å². The van der Waals surface area contributed by atoms with Crippen molar-refractivity contribution >= 4 is 11.0 Å². The van der Waals surface area contributed by atoms with Crippen LogP contribution in [0.1, 0.15) is 0 Å². The summed E-state index contributed by atoms with van der Waals surface area (Å²) in [5, 5.41) is 0. The average molecular weight is 296 g/mol. The van der Waals surface area contributed by atoms with Crippen molar-refractivity contribution in [2.45, 2.75) is 6.61 Å². The number of fused-ring (bicyclic) bond motifs is 1. The first-order chi connectivity index (χ1) is 10.0. The Morgan fingerprint density at radius 1 is 1.00 bits per heavy atom. The Bertz CT molecular complexity index is 784. The molecule has 0 aliphatic carbocycles. The second kappa shape index (κ2) is 5.08. The maximum atomic E-state index is 13.6. The summed E-state index contributed by atoms with van der Waals surface area (Å²) in [4.78, 5) is 6.81. The summed E-state index contributed by atoms with van der Waals surface area (Å²) < 4.78 is 55.0. The van der Waals surface area contributed by atoms with E-state index in [1.165, 1.54) is 30.3 Å². The Labute approximate surface area is 116 Å². The Kier molecular flexibility index (Phi) is 3.25. The van der Waals surface area contributed by atoms with Gasteiger partial charge in [0.2, 0.25) is 0 Å². The predicted octanol–water partition coefficient (Wildman–Crippen LogP) is 4.11. The number of nitrogens with one attached hydrogen (secondary N) is 1. The number of nitrogens with zero attached hydrogens (tertiary/aromatic N) is 1. The number of hydrogen-bond donors (Lipinski definition) is 1. The second-order valence-electron chi connectivity index (χ2n) is 4.25. The molecule has 7 heteroatoms. The van der Waals surface area contributed by atoms with E-state index in [9.17, 15) is 17.6 Å². The molecular weight excluding hydrogens is 288 g/mol. The molecule has 1 N–H and O–H groups in total. The van der Waals surface area contributed by atoms with Gasteiger partial charge in [-0.2, -0.15) is 8.78 Å². The number of halogens is 4. The molecule has 0 saturated heterocycles. The molecule has 3 aromatic rings. The van der Waals surface area contributed by atoms with E-state index in [2.05, 4.69) is 14.7 Å². The van der Waals surface area contributed by atoms with Crippen LogP contribution in [0.5, 0.6) is 5.75 Å². The minimum Gasteiger partial charge on any atom is -0.435 e. The fourth-order valence-electron chi connectivity index (χ4n) is 1.95. The molecule has 0 saturated carbocycles. The van der Waals surface area contributed by atoms with Gasteiger partial charge in [-0.3, -0.25) is 0 Å². The van der Waals surface area contributed by atoms with Crippen LogP contribution < -0.4 is 4.74 Å². The summed E-state index contributed by atoms with van der Waals surface area (Å²) in [6.07, 6.45) is 0. The van der Waals surface area contributed by atoms with Crippen LogP contribution in [-0.2, 0) is 0 Å². The second-order valence-corrected chi connectivity index (χ2v) is 4.25. The van der Waals surface area contributed by atoms with Crippen LogP contribution >= 0.6 is 0 Å². The van der Waals surface area contributed by atoms with E-state index in [1.807, 2.05) is 0 Å². The number of aromatic amines is 1. The van der Waals surface area contributed by atoms with Gasteiger partial charge in [0.15, 0.2) is 11.6 Å². The van der Waals surface area contributed by atoms with Crippen LogP contribution in [-0.4, -0.2) is 16.6 Å². The zero-order valence-electron chi connectivity index (χ0n) is 10.4. The predicted molar refractivity (Wildman–Crippen MR) is 68.1 cm³/mol. The topological polar surface area (TPSA) is 37.9 Å². The maximum absolute atomic E-state index is 13.6. The third kappa shape index (κ3) is 2.54. The van der Waals surface area contributed by atoms with Crippen LogP contribution in [0, 0.1) is 11.6 Å². The van der Waals surface area contributed by atoms with E-state index in [-0.39, 0.29) is 11.3 Å². The zero-order chi connectivity index (χ0) is 15.0. The van der Waals surface area contributed by atoms with Gasteiger partial charge in [0, 0.05) is 5.56 Å². The lowest BCUT2D eigenvalue weighted by molar-refractivity contribution is -0.0498. The van der Waals surface area contributed by atoms with Crippen molar-refractivity contribution in [2.75, 3.05) is 0 Å². The van der Waals surface area contributed by atoms with Crippen molar-refractivity contribution in [2.24, 2.45) is 0 Å². The highest BCUT2D eigenvalue weighted by Crippen LogP contribution is 2.25. The minimum absolute atomic E-state index is 0.00193. The maximum Gasteiger partial charge on any atom is 0.387 e. The lowest BCUT2D eigenvalue weighted by Crippen LogP contribution is -2.01. The molecule has 0 aliphatic heterocycles. The smallest absolute Gasteiger partial charge is 0.387 e. The normalized spacial score (nSPS) is 11.3. The molecule has 0 amide bonds. The number of rotatable bonds is 3. The van der Waals surface area contributed by atoms with E-state index in [0.29, 0.717) is 16.9 Å². The van der Waals surface area contributed by atoms with Crippen molar-refractivity contribution in [3.05, 3.63) is 48.0 Å². The van der Waals surface area contributed by atoms with Gasteiger partial charge in [0.1, 0.15) is 17.1 Å². The summed E-state index contributed by atoms with van der Waals surface area (Å²) in [6, 6.07) is 8.03. The van der Waals surface area contributed by atoms with Gasteiger partial charge in [0.05, 0.1) is 5.52 Å². The van der Waals surface area contributed by atoms with E-state index in [0.717, 1.165) is 6.07 Å². The van der Waals surface area contributed by atoms with Gasteiger partial charge in [-0.05, 0) is 36.4 Å². The van der Waals surface area contributed by atoms with E-state index < -0.39 is 18.2 Å². The molecule has 0 spiro atoms. The number of H-pyrrole nitrogens is 1. The van der Waals surface area contributed by atoms with Gasteiger partial charge < -0.3 is 9.72 Å². The lowest BCUT2D eigenvalue weighted by atomic mass is 10.2. The lowest BCUT2D eigenvalue weighted by Gasteiger charge is -2.04. The Balaban J connectivity index is 1.98. The molecule has 3 rings (SSSR count). The third-order valence-electron chi connectivity index (χ3n) is 2.90. The molecule has 0 bridgehead atoms. The summed E-state index contributed by atoms with van der Waals surface area (Å²) in [7, 11) is 0. The molecule has 0 radical (unpaired) electrons. The summed E-state index contributed by atoms with van der Waals surface area (Å²) in [5.41, 5.74) is 0.766. The van der Waals surface area contributed by atoms with Gasteiger partial charge in [-0.15, -0.1) is 0 Å². The van der Waals surface area contributed by atoms with Crippen molar-refractivity contribution in [1.82, 2.24) is 9.97 Å². The summed E-state index contributed by atoms with van der Waals surface area (Å²) in [5.74, 6) is -1.71. The molecule has 2 aromatic carbocycles. The monoisotopic (exact) mass is 296 g/mol. The number of hydrogen-bond acceptors (Lipinski definition) is 2. The molecular formula is C14H8F4N2O. The van der Waals surface area contributed by atoms with Crippen molar-refractivity contribution in [1.29, 1.82) is 0 Å². The molecule has 1 aromatic heterocycles. The zero-order valence-corrected chi connectivity index (χ0v) is 10.4. The van der Waals surface area contributed by atoms with Crippen molar-refractivity contribution < 1.29 is 22.3 Å². The van der Waals surface area contributed by atoms with Crippen molar-refractivity contribution in [3.8, 4) is 17.1 Å². The largest absolute Gasteiger partial charge is 0.435 e. The van der Waals surface area contributed by atoms with E-state index >= 15 is 0 Å². The first-order valence-corrected chi connectivity index (χ1v) is 5.93. The van der Waals surface area contributed by atoms with Gasteiger partial charge >= 0.3 is 6.61 Å². The quantitative estimate of drug-likeness (QED) is 0.739. The van der Waals surface area contributed by atoms with Crippen LogP contribution in [0.25, 0.3) is 22.4 Å². The summed E-state index contributed by atoms with van der Waals surface area (Å²) in [6.45, 7) is -2.90. The molecule has 0 aliphatic rings. The average Bonchev–Trinajstić information content (AvgIpc) is 2.88. The first kappa shape index (κ1) is 13.4. The standard InChI is InChI=1S/C14H8F4N2O/c15-9-5-6-10-12(11(9)16)20-13(19-10)7-1-3-8(4-2-7)21-14(17)18/h1-6,14H,(H,19,20). The number of aromatic nitrogens is 2. The van der Waals surface area contributed by atoms with Crippen LogP contribution in [0.4, 0.5) is 17.6 Å². The minimum atomic E-state index is -2.90. The SMILES string of the molecule is Fc1ccc2[nH]c(-c3ccc(OC(F)F)cc3)nc2c1F. The highest BCUT2D eigenvalue weighted by Gasteiger charge is 2.13. The molecule has 1 heterocycles.